The second-order valence-corrected chi connectivity index (χ2v) is 9.97. The highest BCUT2D eigenvalue weighted by Crippen LogP contribution is 2.28. The maximum absolute atomic E-state index is 13.3. The zero-order valence-corrected chi connectivity index (χ0v) is 18.8. The Labute approximate surface area is 189 Å². The van der Waals surface area contributed by atoms with Gasteiger partial charge < -0.3 is 9.84 Å². The summed E-state index contributed by atoms with van der Waals surface area (Å²) in [6.45, 7) is 2.62. The first kappa shape index (κ1) is 22.3. The van der Waals surface area contributed by atoms with Crippen molar-refractivity contribution in [2.45, 2.75) is 31.0 Å². The lowest BCUT2D eigenvalue weighted by Crippen LogP contribution is -2.37. The third kappa shape index (κ3) is 5.27. The van der Waals surface area contributed by atoms with Crippen molar-refractivity contribution in [1.82, 2.24) is 4.31 Å². The highest BCUT2D eigenvalue weighted by Gasteiger charge is 2.29. The van der Waals surface area contributed by atoms with Gasteiger partial charge in [0.2, 0.25) is 10.0 Å². The van der Waals surface area contributed by atoms with E-state index in [2.05, 4.69) is 0 Å². The van der Waals surface area contributed by atoms with E-state index in [1.54, 1.807) is 24.3 Å². The molecule has 0 radical (unpaired) electrons. The Balaban J connectivity index is 1.56. The molecule has 166 valence electrons. The quantitative estimate of drug-likeness (QED) is 0.605. The second kappa shape index (κ2) is 9.69. The van der Waals surface area contributed by atoms with Gasteiger partial charge in [-0.1, -0.05) is 66.2 Å². The highest BCUT2D eigenvalue weighted by molar-refractivity contribution is 7.89. The summed E-state index contributed by atoms with van der Waals surface area (Å²) >= 11 is 0. The van der Waals surface area contributed by atoms with Crippen molar-refractivity contribution in [3.05, 3.63) is 102 Å². The Morgan fingerprint density at radius 2 is 1.75 bits per heavy atom. The third-order valence-corrected chi connectivity index (χ3v) is 7.34. The number of aliphatic hydroxyl groups excluding tert-OH is 1. The fourth-order valence-electron chi connectivity index (χ4n) is 3.69. The van der Waals surface area contributed by atoms with Crippen LogP contribution in [0.25, 0.3) is 5.57 Å². The smallest absolute Gasteiger partial charge is 0.243 e. The summed E-state index contributed by atoms with van der Waals surface area (Å²) < 4.78 is 33.8. The lowest BCUT2D eigenvalue weighted by molar-refractivity contribution is 0.155. The van der Waals surface area contributed by atoms with Gasteiger partial charge in [-0.15, -0.1) is 0 Å². The fraction of sp³-hybridized carbons (Fsp3) is 0.231. The Morgan fingerprint density at radius 1 is 1.00 bits per heavy atom. The molecule has 1 aliphatic rings. The van der Waals surface area contributed by atoms with Crippen LogP contribution in [-0.4, -0.2) is 37.0 Å². The van der Waals surface area contributed by atoms with E-state index >= 15 is 0 Å². The normalized spacial score (nSPS) is 17.4. The first-order valence-electron chi connectivity index (χ1n) is 10.6. The van der Waals surface area contributed by atoms with Gasteiger partial charge in [-0.05, 0) is 54.3 Å². The van der Waals surface area contributed by atoms with Crippen molar-refractivity contribution < 1.29 is 18.3 Å². The van der Waals surface area contributed by atoms with Crippen LogP contribution >= 0.6 is 0 Å². The van der Waals surface area contributed by atoms with E-state index in [1.165, 1.54) is 4.31 Å². The van der Waals surface area contributed by atoms with E-state index in [4.69, 9.17) is 4.74 Å². The first-order valence-corrected chi connectivity index (χ1v) is 12.1. The molecule has 0 fully saturated rings. The van der Waals surface area contributed by atoms with Crippen LogP contribution in [0.1, 0.15) is 23.1 Å². The Kier molecular flexibility index (Phi) is 6.74. The van der Waals surface area contributed by atoms with Crippen LogP contribution in [-0.2, 0) is 16.6 Å². The number of hydrogen-bond donors (Lipinski definition) is 1. The molecule has 0 amide bonds. The summed E-state index contributed by atoms with van der Waals surface area (Å²) in [5.41, 5.74) is 3.80. The number of aryl methyl sites for hydroxylation is 1. The molecular weight excluding hydrogens is 422 g/mol. The van der Waals surface area contributed by atoms with Gasteiger partial charge in [0.1, 0.15) is 12.4 Å². The van der Waals surface area contributed by atoms with Crippen molar-refractivity contribution in [3.63, 3.8) is 0 Å². The van der Waals surface area contributed by atoms with Gasteiger partial charge in [0, 0.05) is 13.1 Å². The van der Waals surface area contributed by atoms with Crippen LogP contribution in [0.4, 0.5) is 0 Å². The zero-order chi connectivity index (χ0) is 22.6. The van der Waals surface area contributed by atoms with E-state index in [0.29, 0.717) is 18.8 Å². The van der Waals surface area contributed by atoms with Gasteiger partial charge in [-0.3, -0.25) is 0 Å². The molecule has 32 heavy (non-hydrogen) atoms. The molecule has 6 heteroatoms. The summed E-state index contributed by atoms with van der Waals surface area (Å²) in [5, 5.41) is 10.4. The van der Waals surface area contributed by atoms with Crippen molar-refractivity contribution in [2.24, 2.45) is 0 Å². The van der Waals surface area contributed by atoms with Crippen LogP contribution in [0.5, 0.6) is 5.75 Å². The molecule has 1 aliphatic heterocycles. The molecule has 1 N–H and O–H groups in total. The standard InChI is InChI=1S/C26H27NO4S/c1-20-10-14-26(15-11-20)32(29,30)27-17-23(12-13-24(28)18-27)22-8-5-9-25(16-22)31-19-21-6-3-2-4-7-21/h2-12,14-16,24,28H,13,17-19H2,1H3. The van der Waals surface area contributed by atoms with Gasteiger partial charge in [-0.25, -0.2) is 8.42 Å². The molecule has 0 aromatic heterocycles. The van der Waals surface area contributed by atoms with Crippen LogP contribution in [0, 0.1) is 6.92 Å². The first-order chi connectivity index (χ1) is 15.4. The molecule has 1 heterocycles. The van der Waals surface area contributed by atoms with Crippen molar-refractivity contribution >= 4 is 15.6 Å². The zero-order valence-electron chi connectivity index (χ0n) is 18.0. The largest absolute Gasteiger partial charge is 0.489 e. The topological polar surface area (TPSA) is 66.8 Å². The molecule has 0 aliphatic carbocycles. The molecule has 0 saturated carbocycles. The number of hydrogen-bond acceptors (Lipinski definition) is 4. The second-order valence-electron chi connectivity index (χ2n) is 8.03. The number of aliphatic hydroxyl groups is 1. The number of nitrogens with zero attached hydrogens (tertiary/aromatic N) is 1. The SMILES string of the molecule is Cc1ccc(S(=O)(=O)N2CC(c3cccc(OCc4ccccc4)c3)=CCC(O)C2)cc1. The molecule has 5 nitrogen and oxygen atoms in total. The number of benzene rings is 3. The number of sulfonamides is 1. The fourth-order valence-corrected chi connectivity index (χ4v) is 5.14. The maximum Gasteiger partial charge on any atom is 0.243 e. The number of rotatable bonds is 6. The minimum absolute atomic E-state index is 0.0560. The summed E-state index contributed by atoms with van der Waals surface area (Å²) in [5.74, 6) is 0.713. The molecule has 0 spiro atoms. The average molecular weight is 450 g/mol. The van der Waals surface area contributed by atoms with Crippen LogP contribution in [0.3, 0.4) is 0 Å². The number of β-amino-alcohol motifs (C(OH)–C–C–N with tert-alkyl or cyclic N) is 1. The van der Waals surface area contributed by atoms with Crippen molar-refractivity contribution in [3.8, 4) is 5.75 Å². The van der Waals surface area contributed by atoms with Crippen molar-refractivity contribution in [1.29, 1.82) is 0 Å². The Bertz CT molecular complexity index is 1190. The Hall–Kier alpha value is -2.93. The summed E-state index contributed by atoms with van der Waals surface area (Å²) in [7, 11) is -3.73. The lowest BCUT2D eigenvalue weighted by Gasteiger charge is -2.23. The summed E-state index contributed by atoms with van der Waals surface area (Å²) in [6, 6.07) is 24.4. The van der Waals surface area contributed by atoms with E-state index in [0.717, 1.165) is 22.3 Å². The summed E-state index contributed by atoms with van der Waals surface area (Å²) in [6.07, 6.45) is 1.56. The van der Waals surface area contributed by atoms with E-state index < -0.39 is 16.1 Å². The molecule has 1 atom stereocenters. The molecule has 1 unspecified atom stereocenters. The van der Waals surface area contributed by atoms with Gasteiger partial charge in [0.25, 0.3) is 0 Å². The lowest BCUT2D eigenvalue weighted by atomic mass is 10.0. The monoisotopic (exact) mass is 449 g/mol. The van der Waals surface area contributed by atoms with Crippen LogP contribution < -0.4 is 4.74 Å². The molecule has 4 rings (SSSR count). The van der Waals surface area contributed by atoms with Gasteiger partial charge in [-0.2, -0.15) is 4.31 Å². The molecule has 0 saturated heterocycles. The average Bonchev–Trinajstić information content (AvgIpc) is 3.01. The van der Waals surface area contributed by atoms with Crippen LogP contribution in [0.15, 0.2) is 89.8 Å². The maximum atomic E-state index is 13.3. The van der Waals surface area contributed by atoms with E-state index in [9.17, 15) is 13.5 Å². The predicted octanol–water partition coefficient (Wildman–Crippen LogP) is 4.41. The van der Waals surface area contributed by atoms with E-state index in [-0.39, 0.29) is 18.0 Å². The minimum atomic E-state index is -3.73. The molecule has 3 aromatic carbocycles. The van der Waals surface area contributed by atoms with Gasteiger partial charge in [0.15, 0.2) is 0 Å². The molecule has 0 bridgehead atoms. The number of ether oxygens (including phenoxy) is 1. The van der Waals surface area contributed by atoms with Crippen molar-refractivity contribution in [2.75, 3.05) is 13.1 Å². The molecular formula is C26H27NO4S. The van der Waals surface area contributed by atoms with E-state index in [1.807, 2.05) is 67.6 Å². The minimum Gasteiger partial charge on any atom is -0.489 e. The third-order valence-electron chi connectivity index (χ3n) is 5.51. The Morgan fingerprint density at radius 3 is 2.50 bits per heavy atom. The summed E-state index contributed by atoms with van der Waals surface area (Å²) in [4.78, 5) is 0.233. The predicted molar refractivity (Wildman–Crippen MR) is 126 cm³/mol. The van der Waals surface area contributed by atoms with Crippen LogP contribution in [0.2, 0.25) is 0 Å². The molecule has 3 aromatic rings. The van der Waals surface area contributed by atoms with Gasteiger partial charge >= 0.3 is 0 Å². The highest BCUT2D eigenvalue weighted by atomic mass is 32.2. The van der Waals surface area contributed by atoms with Gasteiger partial charge in [0.05, 0.1) is 11.0 Å².